The molecule has 2 aromatic rings. The van der Waals surface area contributed by atoms with Crippen LogP contribution in [0.15, 0.2) is 42.5 Å². The number of nitrogens with one attached hydrogen (secondary N) is 2. The molecule has 0 aliphatic carbocycles. The Kier molecular flexibility index (Phi) is 7.13. The first kappa shape index (κ1) is 20.6. The van der Waals surface area contributed by atoms with Gasteiger partial charge in [-0.25, -0.2) is 0 Å². The molecule has 5 nitrogen and oxygen atoms in total. The van der Waals surface area contributed by atoms with E-state index in [0.29, 0.717) is 6.54 Å². The smallest absolute Gasteiger partial charge is 0.238 e. The Morgan fingerprint density at radius 1 is 1.04 bits per heavy atom. The number of benzene rings is 2. The lowest BCUT2D eigenvalue weighted by Crippen LogP contribution is -2.45. The van der Waals surface area contributed by atoms with E-state index in [-0.39, 0.29) is 18.4 Å². The van der Waals surface area contributed by atoms with Crippen molar-refractivity contribution >= 4 is 17.5 Å². The summed E-state index contributed by atoms with van der Waals surface area (Å²) in [7, 11) is 1.78. The van der Waals surface area contributed by atoms with Crippen molar-refractivity contribution in [1.29, 1.82) is 0 Å². The van der Waals surface area contributed by atoms with Crippen molar-refractivity contribution in [2.75, 3.05) is 18.9 Å². The van der Waals surface area contributed by atoms with E-state index in [0.717, 1.165) is 22.4 Å². The summed E-state index contributed by atoms with van der Waals surface area (Å²) in [6.45, 7) is 8.43. The maximum atomic E-state index is 12.4. The predicted octanol–water partition coefficient (Wildman–Crippen LogP) is 3.19. The number of amides is 2. The molecule has 0 saturated heterocycles. The molecule has 5 heteroatoms. The summed E-state index contributed by atoms with van der Waals surface area (Å²) in [5, 5.41) is 5.89. The second-order valence-electron chi connectivity index (χ2n) is 7.12. The second-order valence-corrected chi connectivity index (χ2v) is 7.12. The van der Waals surface area contributed by atoms with Gasteiger partial charge in [0.2, 0.25) is 11.8 Å². The Bertz CT molecular complexity index is 779. The molecule has 0 radical (unpaired) electrons. The molecule has 2 amide bonds. The molecular formula is C22H29N3O2. The minimum absolute atomic E-state index is 0.100. The summed E-state index contributed by atoms with van der Waals surface area (Å²) in [4.78, 5) is 26.5. The minimum atomic E-state index is -0.403. The SMILES string of the molecule is Cc1cc(C)c(NC(=O)CN(C)[C@H](C)C(=O)NCc2ccccc2)c(C)c1. The topological polar surface area (TPSA) is 61.4 Å². The number of likely N-dealkylation sites (N-methyl/N-ethyl adjacent to an activating group) is 1. The van der Waals surface area contributed by atoms with Crippen LogP contribution >= 0.6 is 0 Å². The Balaban J connectivity index is 1.88. The van der Waals surface area contributed by atoms with Gasteiger partial charge in [-0.3, -0.25) is 14.5 Å². The van der Waals surface area contributed by atoms with Crippen molar-refractivity contribution < 1.29 is 9.59 Å². The van der Waals surface area contributed by atoms with Gasteiger partial charge in [0.1, 0.15) is 0 Å². The summed E-state index contributed by atoms with van der Waals surface area (Å²) in [5.74, 6) is -0.230. The van der Waals surface area contributed by atoms with Crippen molar-refractivity contribution in [2.24, 2.45) is 0 Å². The maximum Gasteiger partial charge on any atom is 0.238 e. The van der Waals surface area contributed by atoms with Gasteiger partial charge in [-0.1, -0.05) is 48.0 Å². The van der Waals surface area contributed by atoms with Crippen LogP contribution < -0.4 is 10.6 Å². The normalized spacial score (nSPS) is 11.9. The third kappa shape index (κ3) is 5.93. The first-order valence-electron chi connectivity index (χ1n) is 9.17. The van der Waals surface area contributed by atoms with Gasteiger partial charge in [0.25, 0.3) is 0 Å². The fraction of sp³-hybridized carbons (Fsp3) is 0.364. The molecule has 0 aliphatic heterocycles. The number of anilines is 1. The van der Waals surface area contributed by atoms with Crippen LogP contribution in [0.25, 0.3) is 0 Å². The van der Waals surface area contributed by atoms with Gasteiger partial charge in [-0.15, -0.1) is 0 Å². The highest BCUT2D eigenvalue weighted by Gasteiger charge is 2.20. The van der Waals surface area contributed by atoms with Crippen molar-refractivity contribution in [1.82, 2.24) is 10.2 Å². The van der Waals surface area contributed by atoms with Gasteiger partial charge < -0.3 is 10.6 Å². The van der Waals surface area contributed by atoms with Crippen LogP contribution in [-0.2, 0) is 16.1 Å². The molecule has 0 spiro atoms. The van der Waals surface area contributed by atoms with Gasteiger partial charge >= 0.3 is 0 Å². The average molecular weight is 367 g/mol. The van der Waals surface area contributed by atoms with Crippen LogP contribution in [0.2, 0.25) is 0 Å². The van der Waals surface area contributed by atoms with Gasteiger partial charge in [0, 0.05) is 12.2 Å². The third-order valence-corrected chi connectivity index (χ3v) is 4.68. The van der Waals surface area contributed by atoms with E-state index in [1.807, 2.05) is 63.2 Å². The van der Waals surface area contributed by atoms with Gasteiger partial charge in [0.15, 0.2) is 0 Å². The zero-order valence-electron chi connectivity index (χ0n) is 16.8. The van der Waals surface area contributed by atoms with E-state index in [2.05, 4.69) is 10.6 Å². The number of hydrogen-bond acceptors (Lipinski definition) is 3. The van der Waals surface area contributed by atoms with Crippen LogP contribution in [0.1, 0.15) is 29.2 Å². The Hall–Kier alpha value is -2.66. The van der Waals surface area contributed by atoms with E-state index < -0.39 is 6.04 Å². The molecule has 0 unspecified atom stereocenters. The molecule has 0 aliphatic rings. The van der Waals surface area contributed by atoms with Crippen LogP contribution in [-0.4, -0.2) is 36.3 Å². The highest BCUT2D eigenvalue weighted by Crippen LogP contribution is 2.21. The lowest BCUT2D eigenvalue weighted by atomic mass is 10.1. The summed E-state index contributed by atoms with van der Waals surface area (Å²) in [5.41, 5.74) is 5.14. The van der Waals surface area contributed by atoms with Crippen molar-refractivity contribution in [3.05, 3.63) is 64.7 Å². The summed E-state index contributed by atoms with van der Waals surface area (Å²) in [6.07, 6.45) is 0. The molecule has 2 aromatic carbocycles. The number of carbonyl (C=O) groups excluding carboxylic acids is 2. The Morgan fingerprint density at radius 3 is 2.22 bits per heavy atom. The fourth-order valence-corrected chi connectivity index (χ4v) is 3.05. The molecule has 2 rings (SSSR count). The highest BCUT2D eigenvalue weighted by molar-refractivity contribution is 5.94. The molecule has 1 atom stereocenters. The molecular weight excluding hydrogens is 338 g/mol. The van der Waals surface area contributed by atoms with E-state index in [1.165, 1.54) is 5.56 Å². The van der Waals surface area contributed by atoms with Gasteiger partial charge in [-0.05, 0) is 51.4 Å². The number of nitrogens with zero attached hydrogens (tertiary/aromatic N) is 1. The molecule has 0 fully saturated rings. The van der Waals surface area contributed by atoms with Crippen LogP contribution in [0.3, 0.4) is 0 Å². The summed E-state index contributed by atoms with van der Waals surface area (Å²) >= 11 is 0. The van der Waals surface area contributed by atoms with Crippen LogP contribution in [0, 0.1) is 20.8 Å². The quantitative estimate of drug-likeness (QED) is 0.790. The first-order valence-corrected chi connectivity index (χ1v) is 9.17. The minimum Gasteiger partial charge on any atom is -0.351 e. The van der Waals surface area contributed by atoms with E-state index in [4.69, 9.17) is 0 Å². The predicted molar refractivity (Wildman–Crippen MR) is 110 cm³/mol. The number of hydrogen-bond donors (Lipinski definition) is 2. The Morgan fingerprint density at radius 2 is 1.63 bits per heavy atom. The van der Waals surface area contributed by atoms with E-state index in [1.54, 1.807) is 18.9 Å². The molecule has 27 heavy (non-hydrogen) atoms. The third-order valence-electron chi connectivity index (χ3n) is 4.68. The lowest BCUT2D eigenvalue weighted by molar-refractivity contribution is -0.126. The van der Waals surface area contributed by atoms with Gasteiger partial charge in [-0.2, -0.15) is 0 Å². The van der Waals surface area contributed by atoms with Gasteiger partial charge in [0.05, 0.1) is 12.6 Å². The first-order chi connectivity index (χ1) is 12.8. The molecule has 2 N–H and O–H groups in total. The lowest BCUT2D eigenvalue weighted by Gasteiger charge is -2.24. The average Bonchev–Trinajstić information content (AvgIpc) is 2.62. The van der Waals surface area contributed by atoms with Crippen molar-refractivity contribution in [3.63, 3.8) is 0 Å². The zero-order chi connectivity index (χ0) is 20.0. The molecule has 0 saturated carbocycles. The Labute approximate surface area is 161 Å². The van der Waals surface area contributed by atoms with E-state index in [9.17, 15) is 9.59 Å². The maximum absolute atomic E-state index is 12.4. The standard InChI is InChI=1S/C22H29N3O2/c1-15-11-16(2)21(17(3)12-15)24-20(26)14-25(5)18(4)22(27)23-13-19-9-7-6-8-10-19/h6-12,18H,13-14H2,1-5H3,(H,23,27)(H,24,26)/t18-/m1/s1. The second kappa shape index (κ2) is 9.33. The van der Waals surface area contributed by atoms with Crippen molar-refractivity contribution in [2.45, 2.75) is 40.3 Å². The van der Waals surface area contributed by atoms with Crippen LogP contribution in [0.4, 0.5) is 5.69 Å². The van der Waals surface area contributed by atoms with Crippen molar-refractivity contribution in [3.8, 4) is 0 Å². The largest absolute Gasteiger partial charge is 0.351 e. The number of carbonyl (C=O) groups is 2. The zero-order valence-corrected chi connectivity index (χ0v) is 16.8. The van der Waals surface area contributed by atoms with Crippen LogP contribution in [0.5, 0.6) is 0 Å². The number of rotatable bonds is 7. The summed E-state index contributed by atoms with van der Waals surface area (Å²) < 4.78 is 0. The number of aryl methyl sites for hydroxylation is 3. The molecule has 0 aromatic heterocycles. The monoisotopic (exact) mass is 367 g/mol. The molecule has 0 bridgehead atoms. The fourth-order valence-electron chi connectivity index (χ4n) is 3.05. The molecule has 0 heterocycles. The highest BCUT2D eigenvalue weighted by atomic mass is 16.2. The van der Waals surface area contributed by atoms with E-state index >= 15 is 0 Å². The summed E-state index contributed by atoms with van der Waals surface area (Å²) in [6, 6.07) is 13.4. The molecule has 144 valence electrons.